The summed E-state index contributed by atoms with van der Waals surface area (Å²) >= 11 is 0. The summed E-state index contributed by atoms with van der Waals surface area (Å²) in [5.74, 6) is 1.78. The number of benzene rings is 1. The number of ether oxygens (including phenoxy) is 1. The van der Waals surface area contributed by atoms with E-state index in [1.807, 2.05) is 24.8 Å². The Morgan fingerprint density at radius 1 is 1.19 bits per heavy atom. The molecule has 1 aliphatic rings. The van der Waals surface area contributed by atoms with Crippen LogP contribution in [0.1, 0.15) is 54.7 Å². The first kappa shape index (κ1) is 24.1. The first-order chi connectivity index (χ1) is 15.4. The number of methoxy groups -OCH3 is 1. The van der Waals surface area contributed by atoms with Crippen LogP contribution in [-0.2, 0) is 13.5 Å². The Bertz CT molecular complexity index is 900. The van der Waals surface area contributed by atoms with E-state index < -0.39 is 0 Å². The maximum Gasteiger partial charge on any atom is 0.191 e. The molecule has 3 rings (SSSR count). The van der Waals surface area contributed by atoms with Crippen LogP contribution in [0.4, 0.5) is 0 Å². The van der Waals surface area contributed by atoms with Gasteiger partial charge in [-0.3, -0.25) is 14.6 Å². The van der Waals surface area contributed by atoms with E-state index in [-0.39, 0.29) is 12.1 Å². The van der Waals surface area contributed by atoms with Crippen LogP contribution >= 0.6 is 0 Å². The van der Waals surface area contributed by atoms with Crippen LogP contribution in [0.3, 0.4) is 0 Å². The van der Waals surface area contributed by atoms with Crippen LogP contribution in [0.25, 0.3) is 0 Å². The lowest BCUT2D eigenvalue weighted by Crippen LogP contribution is -2.47. The van der Waals surface area contributed by atoms with Crippen molar-refractivity contribution in [3.63, 3.8) is 0 Å². The normalized spacial score (nSPS) is 17.1. The third-order valence-corrected chi connectivity index (χ3v) is 6.57. The largest absolute Gasteiger partial charge is 0.496 e. The second-order valence-corrected chi connectivity index (χ2v) is 8.83. The smallest absolute Gasteiger partial charge is 0.191 e. The number of hydrogen-bond donors (Lipinski definition) is 2. The molecular formula is C25H40N6O. The van der Waals surface area contributed by atoms with E-state index >= 15 is 0 Å². The van der Waals surface area contributed by atoms with Gasteiger partial charge in [0.05, 0.1) is 18.8 Å². The molecule has 1 aromatic carbocycles. The molecule has 1 aliphatic heterocycles. The lowest BCUT2D eigenvalue weighted by molar-refractivity contribution is 0.161. The van der Waals surface area contributed by atoms with E-state index in [0.717, 1.165) is 43.5 Å². The Kier molecular flexibility index (Phi) is 8.56. The highest BCUT2D eigenvalue weighted by atomic mass is 16.5. The predicted molar refractivity (Wildman–Crippen MR) is 132 cm³/mol. The summed E-state index contributed by atoms with van der Waals surface area (Å²) in [4.78, 5) is 7.07. The Balaban J connectivity index is 1.68. The van der Waals surface area contributed by atoms with Gasteiger partial charge in [0.1, 0.15) is 5.75 Å². The minimum atomic E-state index is 0.238. The van der Waals surface area contributed by atoms with E-state index in [1.165, 1.54) is 36.1 Å². The van der Waals surface area contributed by atoms with Crippen molar-refractivity contribution >= 4 is 5.96 Å². The molecule has 1 aromatic heterocycles. The number of para-hydroxylation sites is 1. The zero-order valence-corrected chi connectivity index (χ0v) is 20.6. The van der Waals surface area contributed by atoms with Crippen molar-refractivity contribution in [1.82, 2.24) is 25.3 Å². The van der Waals surface area contributed by atoms with Gasteiger partial charge in [0.2, 0.25) is 0 Å². The van der Waals surface area contributed by atoms with E-state index in [0.29, 0.717) is 0 Å². The Hall–Kier alpha value is -2.54. The zero-order valence-electron chi connectivity index (χ0n) is 20.6. The fourth-order valence-corrected chi connectivity index (χ4v) is 4.70. The number of aromatic nitrogens is 2. The highest BCUT2D eigenvalue weighted by Gasteiger charge is 2.25. The maximum absolute atomic E-state index is 5.70. The summed E-state index contributed by atoms with van der Waals surface area (Å²) in [5.41, 5.74) is 4.86. The highest BCUT2D eigenvalue weighted by Crippen LogP contribution is 2.30. The second-order valence-electron chi connectivity index (χ2n) is 8.83. The van der Waals surface area contributed by atoms with Crippen LogP contribution < -0.4 is 15.4 Å². The molecule has 7 nitrogen and oxygen atoms in total. The van der Waals surface area contributed by atoms with Gasteiger partial charge in [-0.05, 0) is 64.8 Å². The summed E-state index contributed by atoms with van der Waals surface area (Å²) in [5, 5.41) is 11.7. The number of nitrogens with zero attached hydrogens (tertiary/aromatic N) is 4. The number of rotatable bonds is 8. The third kappa shape index (κ3) is 5.82. The molecule has 0 bridgehead atoms. The first-order valence-corrected chi connectivity index (χ1v) is 11.8. The number of piperidine rings is 1. The molecule has 2 heterocycles. The van der Waals surface area contributed by atoms with Crippen molar-refractivity contribution in [2.75, 3.05) is 33.8 Å². The summed E-state index contributed by atoms with van der Waals surface area (Å²) in [6.45, 7) is 9.42. The van der Waals surface area contributed by atoms with Crippen molar-refractivity contribution in [2.45, 2.75) is 58.5 Å². The number of likely N-dealkylation sites (tertiary alicyclic amines) is 1. The molecule has 0 aliphatic carbocycles. The van der Waals surface area contributed by atoms with Gasteiger partial charge in [-0.1, -0.05) is 24.6 Å². The molecule has 0 saturated carbocycles. The molecule has 0 radical (unpaired) electrons. The summed E-state index contributed by atoms with van der Waals surface area (Å²) in [7, 11) is 5.59. The van der Waals surface area contributed by atoms with E-state index in [4.69, 9.17) is 4.74 Å². The van der Waals surface area contributed by atoms with Crippen molar-refractivity contribution in [3.8, 4) is 5.75 Å². The number of guanidine groups is 1. The summed E-state index contributed by atoms with van der Waals surface area (Å²) in [6, 6.07) is 8.86. The molecule has 7 heteroatoms. The zero-order chi connectivity index (χ0) is 23.1. The average molecular weight is 441 g/mol. The van der Waals surface area contributed by atoms with Crippen molar-refractivity contribution in [3.05, 3.63) is 46.8 Å². The van der Waals surface area contributed by atoms with E-state index in [1.54, 1.807) is 7.11 Å². The first-order valence-electron chi connectivity index (χ1n) is 11.8. The van der Waals surface area contributed by atoms with Crippen LogP contribution in [0.15, 0.2) is 29.3 Å². The van der Waals surface area contributed by atoms with Gasteiger partial charge in [0, 0.05) is 37.9 Å². The monoisotopic (exact) mass is 440 g/mol. The van der Waals surface area contributed by atoms with Gasteiger partial charge in [-0.2, -0.15) is 5.10 Å². The molecule has 32 heavy (non-hydrogen) atoms. The van der Waals surface area contributed by atoms with Gasteiger partial charge in [0.15, 0.2) is 5.96 Å². The molecule has 1 saturated heterocycles. The molecule has 2 unspecified atom stereocenters. The molecule has 176 valence electrons. The third-order valence-electron chi connectivity index (χ3n) is 6.57. The molecule has 0 amide bonds. The number of aliphatic imine (C=N–C) groups is 1. The average Bonchev–Trinajstić information content (AvgIpc) is 3.05. The fourth-order valence-electron chi connectivity index (χ4n) is 4.70. The minimum Gasteiger partial charge on any atom is -0.496 e. The summed E-state index contributed by atoms with van der Waals surface area (Å²) in [6.07, 6.45) is 4.73. The van der Waals surface area contributed by atoms with Crippen molar-refractivity contribution < 1.29 is 4.74 Å². The van der Waals surface area contributed by atoms with E-state index in [2.05, 4.69) is 64.6 Å². The second kappa shape index (κ2) is 11.4. The molecule has 2 aromatic rings. The SMILES string of the molecule is CN=C(NCC(c1ccccc1OC)N1CCCCC1)NC(C)Cc1c(C)nn(C)c1C. The van der Waals surface area contributed by atoms with Crippen molar-refractivity contribution in [1.29, 1.82) is 0 Å². The maximum atomic E-state index is 5.70. The van der Waals surface area contributed by atoms with E-state index in [9.17, 15) is 0 Å². The van der Waals surface area contributed by atoms with Gasteiger partial charge in [-0.15, -0.1) is 0 Å². The Labute approximate surface area is 193 Å². The lowest BCUT2D eigenvalue weighted by Gasteiger charge is -2.36. The number of hydrogen-bond acceptors (Lipinski definition) is 4. The summed E-state index contributed by atoms with van der Waals surface area (Å²) < 4.78 is 7.66. The number of nitrogens with one attached hydrogen (secondary N) is 2. The van der Waals surface area contributed by atoms with Crippen LogP contribution in [-0.4, -0.2) is 60.5 Å². The van der Waals surface area contributed by atoms with Gasteiger partial charge >= 0.3 is 0 Å². The van der Waals surface area contributed by atoms with Gasteiger partial charge < -0.3 is 15.4 Å². The Morgan fingerprint density at radius 3 is 2.53 bits per heavy atom. The quantitative estimate of drug-likeness (QED) is 0.487. The van der Waals surface area contributed by atoms with Crippen molar-refractivity contribution in [2.24, 2.45) is 12.0 Å². The molecule has 2 atom stereocenters. The molecule has 1 fully saturated rings. The molecular weight excluding hydrogens is 400 g/mol. The minimum absolute atomic E-state index is 0.238. The molecule has 2 N–H and O–H groups in total. The standard InChI is InChI=1S/C25H40N6O/c1-18(16-22-19(2)29-30(5)20(22)3)28-25(26-4)27-17-23(31-14-10-7-11-15-31)21-12-8-9-13-24(21)32-6/h8-9,12-13,18,23H,7,10-11,14-17H2,1-6H3,(H2,26,27,28). The topological polar surface area (TPSA) is 66.7 Å². The van der Waals surface area contributed by atoms with Crippen LogP contribution in [0.2, 0.25) is 0 Å². The van der Waals surface area contributed by atoms with Crippen LogP contribution in [0, 0.1) is 13.8 Å². The predicted octanol–water partition coefficient (Wildman–Crippen LogP) is 3.37. The number of aryl methyl sites for hydroxylation is 2. The lowest BCUT2D eigenvalue weighted by atomic mass is 10.0. The Morgan fingerprint density at radius 2 is 1.91 bits per heavy atom. The van der Waals surface area contributed by atoms with Crippen LogP contribution in [0.5, 0.6) is 5.75 Å². The fraction of sp³-hybridized carbons (Fsp3) is 0.600. The van der Waals surface area contributed by atoms with Gasteiger partial charge in [0.25, 0.3) is 0 Å². The highest BCUT2D eigenvalue weighted by molar-refractivity contribution is 5.80. The molecule has 0 spiro atoms. The van der Waals surface area contributed by atoms with Gasteiger partial charge in [-0.25, -0.2) is 0 Å².